The van der Waals surface area contributed by atoms with Crippen molar-refractivity contribution in [1.29, 1.82) is 0 Å². The van der Waals surface area contributed by atoms with Crippen molar-refractivity contribution in [3.8, 4) is 0 Å². The fourth-order valence-electron chi connectivity index (χ4n) is 3.39. The van der Waals surface area contributed by atoms with E-state index in [0.29, 0.717) is 18.2 Å². The lowest BCUT2D eigenvalue weighted by atomic mass is 9.97. The Hall–Kier alpha value is -2.48. The number of carbonyl (C=O) groups excluding carboxylic acids is 1. The Bertz CT molecular complexity index is 927. The SMILES string of the molecule is CCOC(=O)c1csc(C2CCN(c3nccn4nc(C)cc34)CC2)n1. The molecule has 0 bridgehead atoms. The zero-order valence-electron chi connectivity index (χ0n) is 14.9. The molecule has 0 spiro atoms. The van der Waals surface area contributed by atoms with Gasteiger partial charge in [-0.05, 0) is 32.8 Å². The maximum atomic E-state index is 11.8. The third kappa shape index (κ3) is 3.16. The molecule has 0 atom stereocenters. The number of aryl methyl sites for hydroxylation is 1. The summed E-state index contributed by atoms with van der Waals surface area (Å²) in [7, 11) is 0. The van der Waals surface area contributed by atoms with Gasteiger partial charge in [0.05, 0.1) is 17.3 Å². The summed E-state index contributed by atoms with van der Waals surface area (Å²) in [6.45, 7) is 5.99. The van der Waals surface area contributed by atoms with Crippen LogP contribution in [0.25, 0.3) is 5.52 Å². The van der Waals surface area contributed by atoms with Crippen LogP contribution < -0.4 is 4.90 Å². The molecule has 0 aliphatic carbocycles. The van der Waals surface area contributed by atoms with Crippen molar-refractivity contribution >= 4 is 28.6 Å². The highest BCUT2D eigenvalue weighted by atomic mass is 32.1. The van der Waals surface area contributed by atoms with Gasteiger partial charge in [-0.2, -0.15) is 5.10 Å². The Morgan fingerprint density at radius 3 is 2.96 bits per heavy atom. The van der Waals surface area contributed by atoms with E-state index in [1.165, 1.54) is 0 Å². The van der Waals surface area contributed by atoms with E-state index in [2.05, 4.69) is 26.0 Å². The van der Waals surface area contributed by atoms with Crippen molar-refractivity contribution in [3.63, 3.8) is 0 Å². The molecule has 1 aliphatic rings. The molecule has 4 heterocycles. The third-order valence-corrected chi connectivity index (χ3v) is 5.65. The van der Waals surface area contributed by atoms with Gasteiger partial charge in [0, 0.05) is 36.8 Å². The van der Waals surface area contributed by atoms with Crippen molar-refractivity contribution in [2.45, 2.75) is 32.6 Å². The van der Waals surface area contributed by atoms with E-state index in [4.69, 9.17) is 4.74 Å². The second-order valence-corrected chi connectivity index (χ2v) is 7.31. The first kappa shape index (κ1) is 17.0. The number of anilines is 1. The molecule has 26 heavy (non-hydrogen) atoms. The molecule has 3 aromatic heterocycles. The summed E-state index contributed by atoms with van der Waals surface area (Å²) in [4.78, 5) is 23.2. The summed E-state index contributed by atoms with van der Waals surface area (Å²) in [5.41, 5.74) is 2.46. The maximum Gasteiger partial charge on any atom is 0.357 e. The molecule has 1 saturated heterocycles. The number of aromatic nitrogens is 4. The minimum atomic E-state index is -0.334. The van der Waals surface area contributed by atoms with E-state index >= 15 is 0 Å². The summed E-state index contributed by atoms with van der Waals surface area (Å²) in [6.07, 6.45) is 5.66. The Balaban J connectivity index is 1.46. The predicted octanol–water partition coefficient (Wildman–Crippen LogP) is 3.05. The normalized spacial score (nSPS) is 15.5. The van der Waals surface area contributed by atoms with Crippen LogP contribution in [-0.4, -0.2) is 45.2 Å². The maximum absolute atomic E-state index is 11.8. The molecule has 0 radical (unpaired) electrons. The van der Waals surface area contributed by atoms with Gasteiger partial charge in [-0.25, -0.2) is 19.3 Å². The van der Waals surface area contributed by atoms with E-state index in [9.17, 15) is 4.79 Å². The predicted molar refractivity (Wildman–Crippen MR) is 100.0 cm³/mol. The van der Waals surface area contributed by atoms with Gasteiger partial charge < -0.3 is 9.64 Å². The molecule has 1 aliphatic heterocycles. The van der Waals surface area contributed by atoms with Crippen molar-refractivity contribution < 1.29 is 9.53 Å². The number of carbonyl (C=O) groups is 1. The Labute approximate surface area is 155 Å². The highest BCUT2D eigenvalue weighted by molar-refractivity contribution is 7.09. The molecule has 1 fully saturated rings. The van der Waals surface area contributed by atoms with Crippen molar-refractivity contribution in [1.82, 2.24) is 19.6 Å². The van der Waals surface area contributed by atoms with Gasteiger partial charge in [-0.1, -0.05) is 0 Å². The van der Waals surface area contributed by atoms with Gasteiger partial charge in [-0.15, -0.1) is 11.3 Å². The van der Waals surface area contributed by atoms with Crippen LogP contribution >= 0.6 is 11.3 Å². The zero-order valence-corrected chi connectivity index (χ0v) is 15.7. The van der Waals surface area contributed by atoms with Crippen LogP contribution in [0.4, 0.5) is 5.82 Å². The standard InChI is InChI=1S/C18H21N5O2S/c1-3-25-18(24)14-11-26-17(20-14)13-4-7-22(8-5-13)16-15-10-12(2)21-23(15)9-6-19-16/h6,9-11,13H,3-5,7-8H2,1-2H3. The molecule has 0 unspecified atom stereocenters. The van der Waals surface area contributed by atoms with Crippen molar-refractivity contribution in [3.05, 3.63) is 40.2 Å². The Morgan fingerprint density at radius 1 is 1.38 bits per heavy atom. The summed E-state index contributed by atoms with van der Waals surface area (Å²) in [5.74, 6) is 1.03. The summed E-state index contributed by atoms with van der Waals surface area (Å²) in [6, 6.07) is 2.07. The fourth-order valence-corrected chi connectivity index (χ4v) is 4.35. The minimum Gasteiger partial charge on any atom is -0.461 e. The molecular formula is C18H21N5O2S. The summed E-state index contributed by atoms with van der Waals surface area (Å²) < 4.78 is 6.91. The average molecular weight is 371 g/mol. The average Bonchev–Trinajstić information content (AvgIpc) is 3.27. The largest absolute Gasteiger partial charge is 0.461 e. The van der Waals surface area contributed by atoms with Gasteiger partial charge in [0.1, 0.15) is 5.52 Å². The lowest BCUT2D eigenvalue weighted by Crippen LogP contribution is -2.33. The lowest BCUT2D eigenvalue weighted by Gasteiger charge is -2.32. The number of hydrogen-bond acceptors (Lipinski definition) is 7. The molecule has 8 heteroatoms. The first-order valence-electron chi connectivity index (χ1n) is 8.84. The number of hydrogen-bond donors (Lipinski definition) is 0. The van der Waals surface area contributed by atoms with Crippen LogP contribution in [0.2, 0.25) is 0 Å². The highest BCUT2D eigenvalue weighted by Gasteiger charge is 2.26. The number of nitrogens with zero attached hydrogens (tertiary/aromatic N) is 5. The second kappa shape index (κ2) is 7.03. The van der Waals surface area contributed by atoms with E-state index in [-0.39, 0.29) is 5.97 Å². The zero-order chi connectivity index (χ0) is 18.1. The highest BCUT2D eigenvalue weighted by Crippen LogP contribution is 2.33. The van der Waals surface area contributed by atoms with E-state index in [0.717, 1.165) is 48.0 Å². The van der Waals surface area contributed by atoms with Gasteiger partial charge in [0.2, 0.25) is 0 Å². The molecule has 0 aromatic carbocycles. The fraction of sp³-hybridized carbons (Fsp3) is 0.444. The quantitative estimate of drug-likeness (QED) is 0.657. The van der Waals surface area contributed by atoms with Gasteiger partial charge >= 0.3 is 5.97 Å². The number of fused-ring (bicyclic) bond motifs is 1. The van der Waals surface area contributed by atoms with Crippen LogP contribution in [-0.2, 0) is 4.74 Å². The molecule has 7 nitrogen and oxygen atoms in total. The molecule has 0 saturated carbocycles. The molecule has 0 amide bonds. The van der Waals surface area contributed by atoms with Crippen molar-refractivity contribution in [2.24, 2.45) is 0 Å². The molecule has 3 aromatic rings. The van der Waals surface area contributed by atoms with Crippen LogP contribution in [0.5, 0.6) is 0 Å². The minimum absolute atomic E-state index is 0.334. The number of piperidine rings is 1. The number of rotatable bonds is 4. The second-order valence-electron chi connectivity index (χ2n) is 6.42. The Morgan fingerprint density at radius 2 is 2.19 bits per heavy atom. The van der Waals surface area contributed by atoms with Crippen LogP contribution in [0.15, 0.2) is 23.8 Å². The number of thiazole rings is 1. The van der Waals surface area contributed by atoms with Gasteiger partial charge in [-0.3, -0.25) is 0 Å². The molecule has 136 valence electrons. The molecule has 0 N–H and O–H groups in total. The van der Waals surface area contributed by atoms with E-state index in [1.54, 1.807) is 29.8 Å². The van der Waals surface area contributed by atoms with Crippen LogP contribution in [0.1, 0.15) is 46.9 Å². The van der Waals surface area contributed by atoms with Gasteiger partial charge in [0.25, 0.3) is 0 Å². The number of ether oxygens (including phenoxy) is 1. The topological polar surface area (TPSA) is 72.6 Å². The van der Waals surface area contributed by atoms with Gasteiger partial charge in [0.15, 0.2) is 11.5 Å². The molecule has 4 rings (SSSR count). The van der Waals surface area contributed by atoms with E-state index in [1.807, 2.05) is 17.6 Å². The Kier molecular flexibility index (Phi) is 4.58. The first-order valence-corrected chi connectivity index (χ1v) is 9.72. The van der Waals surface area contributed by atoms with E-state index < -0.39 is 0 Å². The lowest BCUT2D eigenvalue weighted by molar-refractivity contribution is 0.0520. The number of esters is 1. The van der Waals surface area contributed by atoms with Crippen LogP contribution in [0.3, 0.4) is 0 Å². The first-order chi connectivity index (χ1) is 12.7. The smallest absolute Gasteiger partial charge is 0.357 e. The van der Waals surface area contributed by atoms with Crippen LogP contribution in [0, 0.1) is 6.92 Å². The molecular weight excluding hydrogens is 350 g/mol. The summed E-state index contributed by atoms with van der Waals surface area (Å²) in [5, 5.41) is 7.29. The third-order valence-electron chi connectivity index (χ3n) is 4.64. The summed E-state index contributed by atoms with van der Waals surface area (Å²) >= 11 is 1.55. The monoisotopic (exact) mass is 371 g/mol. The van der Waals surface area contributed by atoms with Crippen molar-refractivity contribution in [2.75, 3.05) is 24.6 Å².